The van der Waals surface area contributed by atoms with Crippen molar-refractivity contribution in [2.75, 3.05) is 6.61 Å². The van der Waals surface area contributed by atoms with Gasteiger partial charge in [0.15, 0.2) is 0 Å². The Labute approximate surface area is 67.4 Å². The highest BCUT2D eigenvalue weighted by Crippen LogP contribution is 2.42. The summed E-state index contributed by atoms with van der Waals surface area (Å²) in [4.78, 5) is 0. The second-order valence-corrected chi connectivity index (χ2v) is 3.65. The number of rotatable bonds is 2. The van der Waals surface area contributed by atoms with E-state index in [1.165, 1.54) is 6.42 Å². The third kappa shape index (κ3) is 1.27. The summed E-state index contributed by atoms with van der Waals surface area (Å²) in [6.07, 6.45) is 4.46. The van der Waals surface area contributed by atoms with Gasteiger partial charge in [-0.3, -0.25) is 0 Å². The van der Waals surface area contributed by atoms with E-state index in [1.54, 1.807) is 0 Å². The Morgan fingerprint density at radius 1 is 1.73 bits per heavy atom. The van der Waals surface area contributed by atoms with Gasteiger partial charge in [-0.1, -0.05) is 6.92 Å². The van der Waals surface area contributed by atoms with Crippen molar-refractivity contribution in [1.82, 2.24) is 0 Å². The molecule has 3 atom stereocenters. The van der Waals surface area contributed by atoms with Crippen LogP contribution in [0.2, 0.25) is 0 Å². The van der Waals surface area contributed by atoms with E-state index in [2.05, 4.69) is 13.0 Å². The molecular weight excluding hydrogens is 138 g/mol. The average molecular weight is 153 g/mol. The van der Waals surface area contributed by atoms with Crippen molar-refractivity contribution in [3.05, 3.63) is 11.8 Å². The minimum atomic E-state index is 0.187. The molecular formula is C9H15NO. The molecule has 2 N–H and O–H groups in total. The van der Waals surface area contributed by atoms with Crippen molar-refractivity contribution in [2.24, 2.45) is 17.6 Å². The summed E-state index contributed by atoms with van der Waals surface area (Å²) < 4.78 is 5.40. The van der Waals surface area contributed by atoms with Gasteiger partial charge in [-0.2, -0.15) is 0 Å². The maximum atomic E-state index is 5.98. The topological polar surface area (TPSA) is 35.2 Å². The highest BCUT2D eigenvalue weighted by atomic mass is 16.5. The Morgan fingerprint density at radius 3 is 2.91 bits per heavy atom. The zero-order valence-corrected chi connectivity index (χ0v) is 6.92. The van der Waals surface area contributed by atoms with Gasteiger partial charge in [-0.15, -0.1) is 0 Å². The smallest absolute Gasteiger partial charge is 0.109 e. The molecule has 0 aromatic heterocycles. The van der Waals surface area contributed by atoms with Crippen LogP contribution in [0, 0.1) is 11.8 Å². The molecule has 1 aliphatic heterocycles. The van der Waals surface area contributed by atoms with Gasteiger partial charge in [-0.25, -0.2) is 0 Å². The minimum absolute atomic E-state index is 0.187. The van der Waals surface area contributed by atoms with Gasteiger partial charge in [0.2, 0.25) is 0 Å². The molecule has 0 spiro atoms. The molecule has 62 valence electrons. The van der Waals surface area contributed by atoms with Crippen LogP contribution in [0.4, 0.5) is 0 Å². The maximum absolute atomic E-state index is 5.98. The molecule has 2 nitrogen and oxygen atoms in total. The average Bonchev–Trinajstić information content (AvgIpc) is 2.56. The summed E-state index contributed by atoms with van der Waals surface area (Å²) >= 11 is 0. The van der Waals surface area contributed by atoms with E-state index in [0.717, 1.165) is 24.7 Å². The molecule has 1 fully saturated rings. The molecule has 3 unspecified atom stereocenters. The first-order valence-corrected chi connectivity index (χ1v) is 4.37. The standard InChI is InChI=1S/C9H15NO/c1-6-5-7(6)9(10)8-3-2-4-11-8/h3,6-7,9H,2,4-5,10H2,1H3. The fraction of sp³-hybridized carbons (Fsp3) is 0.778. The van der Waals surface area contributed by atoms with E-state index in [0.29, 0.717) is 5.92 Å². The Bertz CT molecular complexity index is 188. The SMILES string of the molecule is CC1CC1C(N)C1=CCCO1. The Kier molecular flexibility index (Phi) is 1.64. The van der Waals surface area contributed by atoms with Gasteiger partial charge in [0.1, 0.15) is 5.76 Å². The van der Waals surface area contributed by atoms with Crippen molar-refractivity contribution >= 4 is 0 Å². The third-order valence-electron chi connectivity index (χ3n) is 2.69. The molecule has 0 bridgehead atoms. The fourth-order valence-electron chi connectivity index (χ4n) is 1.73. The van der Waals surface area contributed by atoms with Crippen molar-refractivity contribution in [3.8, 4) is 0 Å². The van der Waals surface area contributed by atoms with Crippen molar-refractivity contribution in [1.29, 1.82) is 0 Å². The zero-order chi connectivity index (χ0) is 7.84. The van der Waals surface area contributed by atoms with Crippen LogP contribution in [0.3, 0.4) is 0 Å². The van der Waals surface area contributed by atoms with Crippen LogP contribution in [-0.4, -0.2) is 12.6 Å². The van der Waals surface area contributed by atoms with Crippen LogP contribution >= 0.6 is 0 Å². The van der Waals surface area contributed by atoms with Crippen LogP contribution in [0.15, 0.2) is 11.8 Å². The Morgan fingerprint density at radius 2 is 2.45 bits per heavy atom. The predicted octanol–water partition coefficient (Wildman–Crippen LogP) is 1.27. The zero-order valence-electron chi connectivity index (χ0n) is 6.92. The van der Waals surface area contributed by atoms with Gasteiger partial charge in [-0.05, 0) is 24.3 Å². The van der Waals surface area contributed by atoms with Gasteiger partial charge in [0.25, 0.3) is 0 Å². The molecule has 2 rings (SSSR count). The van der Waals surface area contributed by atoms with E-state index in [9.17, 15) is 0 Å². The molecule has 11 heavy (non-hydrogen) atoms. The van der Waals surface area contributed by atoms with Gasteiger partial charge < -0.3 is 10.5 Å². The summed E-state index contributed by atoms with van der Waals surface area (Å²) in [5.41, 5.74) is 5.98. The lowest BCUT2D eigenvalue weighted by atomic mass is 10.1. The Hall–Kier alpha value is -0.500. The molecule has 0 aromatic carbocycles. The minimum Gasteiger partial charge on any atom is -0.496 e. The molecule has 1 heterocycles. The van der Waals surface area contributed by atoms with E-state index in [1.807, 2.05) is 0 Å². The van der Waals surface area contributed by atoms with Crippen LogP contribution in [0.25, 0.3) is 0 Å². The summed E-state index contributed by atoms with van der Waals surface area (Å²) in [5, 5.41) is 0. The first-order chi connectivity index (χ1) is 5.29. The van der Waals surface area contributed by atoms with Crippen LogP contribution in [-0.2, 0) is 4.74 Å². The van der Waals surface area contributed by atoms with Crippen LogP contribution < -0.4 is 5.73 Å². The van der Waals surface area contributed by atoms with Crippen molar-refractivity contribution in [2.45, 2.75) is 25.8 Å². The van der Waals surface area contributed by atoms with E-state index in [4.69, 9.17) is 10.5 Å². The van der Waals surface area contributed by atoms with Crippen LogP contribution in [0.1, 0.15) is 19.8 Å². The fourth-order valence-corrected chi connectivity index (χ4v) is 1.73. The molecule has 2 aliphatic rings. The van der Waals surface area contributed by atoms with E-state index >= 15 is 0 Å². The third-order valence-corrected chi connectivity index (χ3v) is 2.69. The van der Waals surface area contributed by atoms with E-state index < -0.39 is 0 Å². The quantitative estimate of drug-likeness (QED) is 0.648. The second kappa shape index (κ2) is 2.52. The number of ether oxygens (including phenoxy) is 1. The highest BCUT2D eigenvalue weighted by molar-refractivity contribution is 5.12. The van der Waals surface area contributed by atoms with Gasteiger partial charge in [0, 0.05) is 6.42 Å². The molecule has 0 radical (unpaired) electrons. The maximum Gasteiger partial charge on any atom is 0.109 e. The monoisotopic (exact) mass is 153 g/mol. The summed E-state index contributed by atoms with van der Waals surface area (Å²) in [6, 6.07) is 0.187. The lowest BCUT2D eigenvalue weighted by molar-refractivity contribution is 0.218. The lowest BCUT2D eigenvalue weighted by Gasteiger charge is -2.11. The second-order valence-electron chi connectivity index (χ2n) is 3.65. The number of hydrogen-bond donors (Lipinski definition) is 1. The molecule has 2 heteroatoms. The normalized spacial score (nSPS) is 37.8. The van der Waals surface area contributed by atoms with E-state index in [-0.39, 0.29) is 6.04 Å². The molecule has 0 saturated heterocycles. The first kappa shape index (κ1) is 7.17. The number of hydrogen-bond acceptors (Lipinski definition) is 2. The molecule has 0 amide bonds. The van der Waals surface area contributed by atoms with Crippen molar-refractivity contribution in [3.63, 3.8) is 0 Å². The van der Waals surface area contributed by atoms with Crippen LogP contribution in [0.5, 0.6) is 0 Å². The summed E-state index contributed by atoms with van der Waals surface area (Å²) in [7, 11) is 0. The summed E-state index contributed by atoms with van der Waals surface area (Å²) in [5.74, 6) is 2.55. The van der Waals surface area contributed by atoms with Gasteiger partial charge >= 0.3 is 0 Å². The van der Waals surface area contributed by atoms with Crippen molar-refractivity contribution < 1.29 is 4.74 Å². The molecule has 1 saturated carbocycles. The predicted molar refractivity (Wildman–Crippen MR) is 43.9 cm³/mol. The molecule has 0 aromatic rings. The first-order valence-electron chi connectivity index (χ1n) is 4.37. The summed E-state index contributed by atoms with van der Waals surface area (Å²) in [6.45, 7) is 3.09. The Balaban J connectivity index is 1.94. The number of nitrogens with two attached hydrogens (primary N) is 1. The van der Waals surface area contributed by atoms with Gasteiger partial charge in [0.05, 0.1) is 12.6 Å². The molecule has 1 aliphatic carbocycles. The largest absolute Gasteiger partial charge is 0.496 e. The lowest BCUT2D eigenvalue weighted by Crippen LogP contribution is -2.26. The highest BCUT2D eigenvalue weighted by Gasteiger charge is 2.40.